The summed E-state index contributed by atoms with van der Waals surface area (Å²) in [5.41, 5.74) is 0.0767. The summed E-state index contributed by atoms with van der Waals surface area (Å²) < 4.78 is 2.94. The molecule has 0 saturated carbocycles. The number of benzene rings is 1. The Kier molecular flexibility index (Phi) is 5.95. The molecule has 2 aromatic heterocycles. The average molecular weight is 442 g/mol. The molecular weight excluding hydrogens is 414 g/mol. The summed E-state index contributed by atoms with van der Waals surface area (Å²) in [6, 6.07) is 8.75. The van der Waals surface area contributed by atoms with Crippen molar-refractivity contribution < 1.29 is 4.79 Å². The van der Waals surface area contributed by atoms with E-state index in [9.17, 15) is 14.4 Å². The first-order valence-corrected chi connectivity index (χ1v) is 11.4. The maximum atomic E-state index is 13.2. The predicted octanol–water partition coefficient (Wildman–Crippen LogP) is 3.08. The molecule has 0 radical (unpaired) electrons. The third-order valence-corrected chi connectivity index (χ3v) is 6.73. The van der Waals surface area contributed by atoms with Gasteiger partial charge in [0, 0.05) is 24.8 Å². The maximum absolute atomic E-state index is 13.2. The van der Waals surface area contributed by atoms with Crippen molar-refractivity contribution in [3.8, 4) is 0 Å². The number of thiazole rings is 1. The highest BCUT2D eigenvalue weighted by Crippen LogP contribution is 2.29. The van der Waals surface area contributed by atoms with Gasteiger partial charge in [-0.1, -0.05) is 36.5 Å². The molecule has 0 bridgehead atoms. The lowest BCUT2D eigenvalue weighted by atomic mass is 10.00. The summed E-state index contributed by atoms with van der Waals surface area (Å²) in [4.78, 5) is 45.7. The van der Waals surface area contributed by atoms with E-state index in [1.807, 2.05) is 18.2 Å². The SMILES string of the molecule is CC1CCN(c2nc3c(s2)c(=O)n(C(C)C)c(=O)n3CC(=O)Nc2ccccc2)CC1. The second kappa shape index (κ2) is 8.66. The summed E-state index contributed by atoms with van der Waals surface area (Å²) in [7, 11) is 0. The molecule has 8 nitrogen and oxygen atoms in total. The second-order valence-electron chi connectivity index (χ2n) is 8.37. The van der Waals surface area contributed by atoms with E-state index in [0.717, 1.165) is 31.1 Å². The normalized spacial score (nSPS) is 15.0. The Bertz CT molecular complexity index is 1200. The van der Waals surface area contributed by atoms with Crippen LogP contribution in [0.1, 0.15) is 39.7 Å². The number of hydrogen-bond acceptors (Lipinski definition) is 6. The number of carbonyl (C=O) groups excluding carboxylic acids is 1. The Balaban J connectivity index is 1.76. The Morgan fingerprint density at radius 1 is 1.19 bits per heavy atom. The standard InChI is InChI=1S/C22H27N5O3S/c1-14(2)27-20(29)18-19(24-21(31-18)25-11-9-15(3)10-12-25)26(22(27)30)13-17(28)23-16-7-5-4-6-8-16/h4-8,14-15H,9-13H2,1-3H3,(H,23,28). The number of anilines is 2. The summed E-state index contributed by atoms with van der Waals surface area (Å²) in [6.07, 6.45) is 2.14. The van der Waals surface area contributed by atoms with Crippen molar-refractivity contribution in [2.75, 3.05) is 23.3 Å². The van der Waals surface area contributed by atoms with Gasteiger partial charge in [-0.3, -0.25) is 18.7 Å². The summed E-state index contributed by atoms with van der Waals surface area (Å²) >= 11 is 1.31. The molecule has 1 aromatic carbocycles. The van der Waals surface area contributed by atoms with Crippen molar-refractivity contribution in [2.24, 2.45) is 5.92 Å². The molecule has 3 aromatic rings. The zero-order chi connectivity index (χ0) is 22.1. The highest BCUT2D eigenvalue weighted by Gasteiger charge is 2.24. The Labute approximate surface area is 184 Å². The number of rotatable bonds is 5. The van der Waals surface area contributed by atoms with Crippen LogP contribution in [0.15, 0.2) is 39.9 Å². The van der Waals surface area contributed by atoms with Gasteiger partial charge in [0.2, 0.25) is 5.91 Å². The fourth-order valence-electron chi connectivity index (χ4n) is 3.84. The van der Waals surface area contributed by atoms with Gasteiger partial charge in [0.05, 0.1) is 0 Å². The largest absolute Gasteiger partial charge is 0.348 e. The van der Waals surface area contributed by atoms with Crippen LogP contribution < -0.4 is 21.5 Å². The van der Waals surface area contributed by atoms with Crippen LogP contribution in [0.5, 0.6) is 0 Å². The van der Waals surface area contributed by atoms with Crippen molar-refractivity contribution in [1.82, 2.24) is 14.1 Å². The molecule has 3 heterocycles. The van der Waals surface area contributed by atoms with Crippen LogP contribution in [0.4, 0.5) is 10.8 Å². The number of piperidine rings is 1. The summed E-state index contributed by atoms with van der Waals surface area (Å²) in [6.45, 7) is 7.35. The molecule has 1 N–H and O–H groups in total. The van der Waals surface area contributed by atoms with Gasteiger partial charge in [-0.25, -0.2) is 9.78 Å². The molecule has 9 heteroatoms. The first kappa shape index (κ1) is 21.3. The summed E-state index contributed by atoms with van der Waals surface area (Å²) in [5, 5.41) is 3.53. The van der Waals surface area contributed by atoms with Crippen LogP contribution in [0.2, 0.25) is 0 Å². The summed E-state index contributed by atoms with van der Waals surface area (Å²) in [5.74, 6) is 0.327. The second-order valence-corrected chi connectivity index (χ2v) is 9.35. The van der Waals surface area contributed by atoms with Gasteiger partial charge in [-0.05, 0) is 44.7 Å². The number of carbonyl (C=O) groups is 1. The van der Waals surface area contributed by atoms with Gasteiger partial charge in [0.15, 0.2) is 10.8 Å². The minimum atomic E-state index is -0.514. The molecule has 1 saturated heterocycles. The van der Waals surface area contributed by atoms with Gasteiger partial charge in [-0.2, -0.15) is 0 Å². The first-order chi connectivity index (χ1) is 14.8. The minimum absolute atomic E-state index is 0.211. The van der Waals surface area contributed by atoms with Crippen LogP contribution in [0.3, 0.4) is 0 Å². The lowest BCUT2D eigenvalue weighted by molar-refractivity contribution is -0.116. The topological polar surface area (TPSA) is 89.2 Å². The number of para-hydroxylation sites is 1. The van der Waals surface area contributed by atoms with Gasteiger partial charge >= 0.3 is 5.69 Å². The molecule has 1 fully saturated rings. The van der Waals surface area contributed by atoms with E-state index in [2.05, 4.69) is 22.1 Å². The fraction of sp³-hybridized carbons (Fsp3) is 0.455. The molecule has 164 valence electrons. The number of hydrogen-bond donors (Lipinski definition) is 1. The smallest absolute Gasteiger partial charge is 0.333 e. The van der Waals surface area contributed by atoms with E-state index in [4.69, 9.17) is 0 Å². The van der Waals surface area contributed by atoms with Gasteiger partial charge < -0.3 is 10.2 Å². The van der Waals surface area contributed by atoms with Crippen molar-refractivity contribution in [1.29, 1.82) is 0 Å². The van der Waals surface area contributed by atoms with Crippen molar-refractivity contribution in [3.05, 3.63) is 51.2 Å². The van der Waals surface area contributed by atoms with Crippen LogP contribution in [-0.2, 0) is 11.3 Å². The van der Waals surface area contributed by atoms with Crippen LogP contribution in [0.25, 0.3) is 10.3 Å². The number of fused-ring (bicyclic) bond motifs is 1. The molecule has 0 unspecified atom stereocenters. The van der Waals surface area contributed by atoms with E-state index >= 15 is 0 Å². The number of nitrogens with zero attached hydrogens (tertiary/aromatic N) is 4. The monoisotopic (exact) mass is 441 g/mol. The number of nitrogens with one attached hydrogen (secondary N) is 1. The molecule has 31 heavy (non-hydrogen) atoms. The zero-order valence-corrected chi connectivity index (χ0v) is 18.8. The molecule has 1 aliphatic heterocycles. The average Bonchev–Trinajstić information content (AvgIpc) is 3.18. The molecule has 0 spiro atoms. The predicted molar refractivity (Wildman–Crippen MR) is 124 cm³/mol. The van der Waals surface area contributed by atoms with Crippen molar-refractivity contribution in [2.45, 2.75) is 46.2 Å². The third kappa shape index (κ3) is 4.27. The maximum Gasteiger partial charge on any atom is 0.333 e. The quantitative estimate of drug-likeness (QED) is 0.657. The van der Waals surface area contributed by atoms with Crippen LogP contribution in [-0.4, -0.2) is 33.1 Å². The molecule has 4 rings (SSSR count). The van der Waals surface area contributed by atoms with E-state index < -0.39 is 5.69 Å². The van der Waals surface area contributed by atoms with E-state index in [1.165, 1.54) is 20.5 Å². The molecule has 0 aliphatic carbocycles. The van der Waals surface area contributed by atoms with Crippen molar-refractivity contribution in [3.63, 3.8) is 0 Å². The van der Waals surface area contributed by atoms with Gasteiger partial charge in [-0.15, -0.1) is 0 Å². The van der Waals surface area contributed by atoms with Gasteiger partial charge in [0.25, 0.3) is 5.56 Å². The molecule has 0 atom stereocenters. The highest BCUT2D eigenvalue weighted by atomic mass is 32.1. The fourth-order valence-corrected chi connectivity index (χ4v) is 4.90. The molecule has 1 aliphatic rings. The third-order valence-electron chi connectivity index (χ3n) is 5.63. The lowest BCUT2D eigenvalue weighted by Crippen LogP contribution is -2.42. The Morgan fingerprint density at radius 3 is 2.52 bits per heavy atom. The van der Waals surface area contributed by atoms with Crippen LogP contribution >= 0.6 is 11.3 Å². The molecule has 1 amide bonds. The van der Waals surface area contributed by atoms with E-state index in [-0.39, 0.29) is 29.7 Å². The van der Waals surface area contributed by atoms with Crippen LogP contribution in [0, 0.1) is 5.92 Å². The minimum Gasteiger partial charge on any atom is -0.348 e. The zero-order valence-electron chi connectivity index (χ0n) is 18.0. The lowest BCUT2D eigenvalue weighted by Gasteiger charge is -2.29. The first-order valence-electron chi connectivity index (χ1n) is 10.6. The molecular formula is C22H27N5O3S. The number of amides is 1. The van der Waals surface area contributed by atoms with Crippen molar-refractivity contribution >= 4 is 38.4 Å². The Morgan fingerprint density at radius 2 is 1.87 bits per heavy atom. The van der Waals surface area contributed by atoms with Gasteiger partial charge in [0.1, 0.15) is 11.2 Å². The number of aromatic nitrogens is 3. The Hall–Kier alpha value is -2.94. The van der Waals surface area contributed by atoms with E-state index in [0.29, 0.717) is 16.3 Å². The van der Waals surface area contributed by atoms with E-state index in [1.54, 1.807) is 26.0 Å². The highest BCUT2D eigenvalue weighted by molar-refractivity contribution is 7.22.